The van der Waals surface area contributed by atoms with Crippen molar-refractivity contribution in [3.05, 3.63) is 83.8 Å². The molecule has 1 N–H and O–H groups in total. The largest absolute Gasteiger partial charge is 0.493 e. The lowest BCUT2D eigenvalue weighted by Crippen LogP contribution is -2.36. The molecule has 0 saturated heterocycles. The molecule has 0 saturated carbocycles. The number of likely N-dealkylation sites (N-methyl/N-ethyl adjacent to an activating group) is 1. The van der Waals surface area contributed by atoms with Gasteiger partial charge in [0.2, 0.25) is 5.91 Å². The predicted molar refractivity (Wildman–Crippen MR) is 116 cm³/mol. The third-order valence-electron chi connectivity index (χ3n) is 4.79. The van der Waals surface area contributed by atoms with Crippen LogP contribution in [0, 0.1) is 0 Å². The SMILES string of the molecule is CNC(=O)CN(CCc1ccc(OCc2ccccc2)c(OC)c1)Cc1ccco1. The van der Waals surface area contributed by atoms with Crippen LogP contribution in [0.15, 0.2) is 71.3 Å². The summed E-state index contributed by atoms with van der Waals surface area (Å²) in [5.41, 5.74) is 2.21. The minimum Gasteiger partial charge on any atom is -0.493 e. The van der Waals surface area contributed by atoms with E-state index in [-0.39, 0.29) is 5.91 Å². The van der Waals surface area contributed by atoms with E-state index in [1.807, 2.05) is 60.7 Å². The number of hydrogen-bond donors (Lipinski definition) is 1. The summed E-state index contributed by atoms with van der Waals surface area (Å²) in [6.45, 7) is 2.09. The van der Waals surface area contributed by atoms with E-state index in [0.29, 0.717) is 37.7 Å². The highest BCUT2D eigenvalue weighted by Gasteiger charge is 2.13. The molecule has 0 fully saturated rings. The normalized spacial score (nSPS) is 10.8. The Labute approximate surface area is 177 Å². The summed E-state index contributed by atoms with van der Waals surface area (Å²) in [5.74, 6) is 2.22. The Balaban J connectivity index is 1.61. The molecule has 0 unspecified atom stereocenters. The third kappa shape index (κ3) is 6.39. The second-order valence-electron chi connectivity index (χ2n) is 6.97. The summed E-state index contributed by atoms with van der Waals surface area (Å²) in [6.07, 6.45) is 2.42. The molecule has 3 rings (SSSR count). The maximum Gasteiger partial charge on any atom is 0.233 e. The zero-order valence-corrected chi connectivity index (χ0v) is 17.5. The maximum absolute atomic E-state index is 11.9. The number of benzene rings is 2. The molecule has 1 heterocycles. The number of ether oxygens (including phenoxy) is 2. The molecular formula is C24H28N2O4. The fourth-order valence-electron chi connectivity index (χ4n) is 3.13. The van der Waals surface area contributed by atoms with Crippen molar-refractivity contribution in [1.29, 1.82) is 0 Å². The molecule has 6 heteroatoms. The number of nitrogens with one attached hydrogen (secondary N) is 1. The lowest BCUT2D eigenvalue weighted by molar-refractivity contribution is -0.121. The van der Waals surface area contributed by atoms with E-state index in [1.165, 1.54) is 0 Å². The van der Waals surface area contributed by atoms with Crippen LogP contribution < -0.4 is 14.8 Å². The van der Waals surface area contributed by atoms with E-state index >= 15 is 0 Å². The van der Waals surface area contributed by atoms with Gasteiger partial charge in [-0.3, -0.25) is 9.69 Å². The van der Waals surface area contributed by atoms with Gasteiger partial charge in [0.1, 0.15) is 12.4 Å². The van der Waals surface area contributed by atoms with E-state index in [1.54, 1.807) is 20.4 Å². The molecule has 158 valence electrons. The molecular weight excluding hydrogens is 380 g/mol. The molecule has 6 nitrogen and oxygen atoms in total. The number of hydrogen-bond acceptors (Lipinski definition) is 5. The monoisotopic (exact) mass is 408 g/mol. The van der Waals surface area contributed by atoms with Gasteiger partial charge < -0.3 is 19.2 Å². The van der Waals surface area contributed by atoms with Crippen LogP contribution >= 0.6 is 0 Å². The average molecular weight is 408 g/mol. The Morgan fingerprint density at radius 2 is 1.87 bits per heavy atom. The number of rotatable bonds is 11. The minimum absolute atomic E-state index is 0.0243. The molecule has 0 spiro atoms. The minimum atomic E-state index is -0.0243. The number of carbonyl (C=O) groups is 1. The second kappa shape index (κ2) is 11.1. The Kier molecular flexibility index (Phi) is 7.92. The highest BCUT2D eigenvalue weighted by Crippen LogP contribution is 2.29. The van der Waals surface area contributed by atoms with E-state index in [0.717, 1.165) is 23.3 Å². The quantitative estimate of drug-likeness (QED) is 0.525. The number of furan rings is 1. The lowest BCUT2D eigenvalue weighted by Gasteiger charge is -2.20. The summed E-state index contributed by atoms with van der Waals surface area (Å²) in [4.78, 5) is 13.9. The number of carbonyl (C=O) groups excluding carboxylic acids is 1. The lowest BCUT2D eigenvalue weighted by atomic mass is 10.1. The predicted octanol–water partition coefficient (Wildman–Crippen LogP) is 3.66. The Morgan fingerprint density at radius 1 is 1.03 bits per heavy atom. The van der Waals surface area contributed by atoms with Gasteiger partial charge in [-0.2, -0.15) is 0 Å². The van der Waals surface area contributed by atoms with E-state index < -0.39 is 0 Å². The summed E-state index contributed by atoms with van der Waals surface area (Å²) in [7, 11) is 3.29. The van der Waals surface area contributed by atoms with Crippen LogP contribution in [0.5, 0.6) is 11.5 Å². The van der Waals surface area contributed by atoms with Gasteiger partial charge in [0, 0.05) is 13.6 Å². The fraction of sp³-hybridized carbons (Fsp3) is 0.292. The first-order valence-electron chi connectivity index (χ1n) is 9.97. The van der Waals surface area contributed by atoms with Crippen LogP contribution in [-0.4, -0.2) is 38.1 Å². The van der Waals surface area contributed by atoms with Gasteiger partial charge in [0.15, 0.2) is 11.5 Å². The van der Waals surface area contributed by atoms with Gasteiger partial charge in [-0.15, -0.1) is 0 Å². The zero-order valence-electron chi connectivity index (χ0n) is 17.5. The molecule has 1 aromatic heterocycles. The Bertz CT molecular complexity index is 910. The number of nitrogens with zero attached hydrogens (tertiary/aromatic N) is 1. The zero-order chi connectivity index (χ0) is 21.2. The first kappa shape index (κ1) is 21.5. The van der Waals surface area contributed by atoms with Crippen molar-refractivity contribution in [3.63, 3.8) is 0 Å². The van der Waals surface area contributed by atoms with Crippen molar-refractivity contribution in [2.45, 2.75) is 19.6 Å². The van der Waals surface area contributed by atoms with Crippen LogP contribution in [0.2, 0.25) is 0 Å². The van der Waals surface area contributed by atoms with Crippen LogP contribution in [0.3, 0.4) is 0 Å². The maximum atomic E-state index is 11.9. The van der Waals surface area contributed by atoms with Gasteiger partial charge >= 0.3 is 0 Å². The second-order valence-corrected chi connectivity index (χ2v) is 6.97. The summed E-state index contributed by atoms with van der Waals surface area (Å²) < 4.78 is 16.9. The molecule has 30 heavy (non-hydrogen) atoms. The Hall–Kier alpha value is -3.25. The number of methoxy groups -OCH3 is 1. The van der Waals surface area contributed by atoms with E-state index in [2.05, 4.69) is 10.2 Å². The van der Waals surface area contributed by atoms with E-state index in [4.69, 9.17) is 13.9 Å². The van der Waals surface area contributed by atoms with Crippen molar-refractivity contribution >= 4 is 5.91 Å². The molecule has 0 bridgehead atoms. The van der Waals surface area contributed by atoms with Crippen molar-refractivity contribution in [2.75, 3.05) is 27.2 Å². The van der Waals surface area contributed by atoms with Gasteiger partial charge in [0.05, 0.1) is 26.5 Å². The fourth-order valence-corrected chi connectivity index (χ4v) is 3.13. The Morgan fingerprint density at radius 3 is 2.57 bits per heavy atom. The smallest absolute Gasteiger partial charge is 0.233 e. The summed E-state index contributed by atoms with van der Waals surface area (Å²) in [5, 5.41) is 2.68. The molecule has 2 aromatic carbocycles. The van der Waals surface area contributed by atoms with Gasteiger partial charge in [-0.25, -0.2) is 0 Å². The van der Waals surface area contributed by atoms with Crippen molar-refractivity contribution in [3.8, 4) is 11.5 Å². The number of amides is 1. The third-order valence-corrected chi connectivity index (χ3v) is 4.79. The van der Waals surface area contributed by atoms with Crippen LogP contribution in [-0.2, 0) is 24.4 Å². The average Bonchev–Trinajstić information content (AvgIpc) is 3.30. The first-order chi connectivity index (χ1) is 14.7. The van der Waals surface area contributed by atoms with Gasteiger partial charge in [0.25, 0.3) is 0 Å². The summed E-state index contributed by atoms with van der Waals surface area (Å²) in [6, 6.07) is 19.8. The molecule has 0 atom stereocenters. The van der Waals surface area contributed by atoms with Crippen LogP contribution in [0.1, 0.15) is 16.9 Å². The molecule has 0 radical (unpaired) electrons. The van der Waals surface area contributed by atoms with Crippen molar-refractivity contribution in [2.24, 2.45) is 0 Å². The molecule has 0 aliphatic carbocycles. The van der Waals surface area contributed by atoms with Crippen molar-refractivity contribution < 1.29 is 18.7 Å². The highest BCUT2D eigenvalue weighted by molar-refractivity contribution is 5.77. The van der Waals surface area contributed by atoms with Gasteiger partial charge in [-0.1, -0.05) is 36.4 Å². The van der Waals surface area contributed by atoms with E-state index in [9.17, 15) is 4.79 Å². The van der Waals surface area contributed by atoms with Crippen LogP contribution in [0.4, 0.5) is 0 Å². The summed E-state index contributed by atoms with van der Waals surface area (Å²) >= 11 is 0. The molecule has 0 aliphatic heterocycles. The highest BCUT2D eigenvalue weighted by atomic mass is 16.5. The van der Waals surface area contributed by atoms with Crippen molar-refractivity contribution in [1.82, 2.24) is 10.2 Å². The van der Waals surface area contributed by atoms with Crippen LogP contribution in [0.25, 0.3) is 0 Å². The standard InChI is InChI=1S/C24H28N2O4/c1-25-24(27)17-26(16-21-9-6-14-29-21)13-12-19-10-11-22(23(15-19)28-2)30-18-20-7-4-3-5-8-20/h3-11,14-15H,12-13,16-18H2,1-2H3,(H,25,27). The molecule has 3 aromatic rings. The topological polar surface area (TPSA) is 63.9 Å². The van der Waals surface area contributed by atoms with Gasteiger partial charge in [-0.05, 0) is 41.8 Å². The molecule has 1 amide bonds. The molecule has 0 aliphatic rings. The first-order valence-corrected chi connectivity index (χ1v) is 9.97.